The molecule has 3 rings (SSSR count). The second-order valence-electron chi connectivity index (χ2n) is 4.86. The zero-order valence-electron chi connectivity index (χ0n) is 12.9. The highest BCUT2D eigenvalue weighted by Gasteiger charge is 2.28. The summed E-state index contributed by atoms with van der Waals surface area (Å²) in [7, 11) is 3.03. The summed E-state index contributed by atoms with van der Waals surface area (Å²) >= 11 is 1.11. The van der Waals surface area contributed by atoms with Gasteiger partial charge in [0, 0.05) is 22.5 Å². The van der Waals surface area contributed by atoms with Crippen LogP contribution < -0.4 is 15.2 Å². The first-order valence-electron chi connectivity index (χ1n) is 6.85. The Bertz CT molecular complexity index is 912. The van der Waals surface area contributed by atoms with Crippen LogP contribution in [0.1, 0.15) is 16.5 Å². The molecule has 0 bridgehead atoms. The number of carboxylic acid groups (broad SMARTS) is 1. The van der Waals surface area contributed by atoms with Gasteiger partial charge in [-0.1, -0.05) is 0 Å². The topological polar surface area (TPSA) is 120 Å². The number of aliphatic carboxylic acids is 1. The summed E-state index contributed by atoms with van der Waals surface area (Å²) in [5.41, 5.74) is 6.54. The normalized spacial score (nSPS) is 12.1. The molecule has 9 heteroatoms. The van der Waals surface area contributed by atoms with Gasteiger partial charge < -0.3 is 20.3 Å². The molecule has 0 saturated heterocycles. The van der Waals surface area contributed by atoms with Crippen LogP contribution in [0, 0.1) is 0 Å². The van der Waals surface area contributed by atoms with Gasteiger partial charge in [0.05, 0.1) is 25.4 Å². The Morgan fingerprint density at radius 3 is 2.50 bits per heavy atom. The fraction of sp³-hybridized carbons (Fsp3) is 0.200. The zero-order chi connectivity index (χ0) is 17.3. The minimum atomic E-state index is -1.05. The molecule has 0 radical (unpaired) electrons. The Hall–Kier alpha value is -2.94. The first-order valence-corrected chi connectivity index (χ1v) is 7.67. The van der Waals surface area contributed by atoms with Crippen LogP contribution >= 0.6 is 11.3 Å². The minimum Gasteiger partial charge on any atom is -0.493 e. The molecule has 0 saturated carbocycles. The van der Waals surface area contributed by atoms with Gasteiger partial charge in [0.15, 0.2) is 16.6 Å². The summed E-state index contributed by atoms with van der Waals surface area (Å²) in [6.07, 6.45) is 2.78. The summed E-state index contributed by atoms with van der Waals surface area (Å²) in [6, 6.07) is 3.35. The number of hydrogen-bond donors (Lipinski definition) is 2. The Balaban J connectivity index is 2.25. The van der Waals surface area contributed by atoms with Crippen molar-refractivity contribution in [3.8, 4) is 11.5 Å². The van der Waals surface area contributed by atoms with Gasteiger partial charge in [-0.05, 0) is 6.07 Å². The molecule has 2 heterocycles. The van der Waals surface area contributed by atoms with Gasteiger partial charge in [0.2, 0.25) is 0 Å². The zero-order valence-corrected chi connectivity index (χ0v) is 13.7. The smallest absolute Gasteiger partial charge is 0.318 e. The van der Waals surface area contributed by atoms with Gasteiger partial charge in [0.1, 0.15) is 12.2 Å². The van der Waals surface area contributed by atoms with E-state index >= 15 is 0 Å². The standard InChI is InChI=1S/C15H14N4O4S/c1-22-9-3-7-8(4-10(9)23-2)18-6-19-13(7)12(14(20)21)11-5-17-15(16)24-11/h3-6,12H,1-2H3,(H2,16,17)(H,20,21). The molecule has 2 aromatic heterocycles. The van der Waals surface area contributed by atoms with Crippen LogP contribution in [0.5, 0.6) is 11.5 Å². The molecule has 1 aromatic carbocycles. The van der Waals surface area contributed by atoms with Crippen LogP contribution in [0.2, 0.25) is 0 Å². The number of nitrogens with zero attached hydrogens (tertiary/aromatic N) is 3. The van der Waals surface area contributed by atoms with E-state index in [9.17, 15) is 9.90 Å². The second kappa shape index (κ2) is 6.28. The minimum absolute atomic E-state index is 0.300. The van der Waals surface area contributed by atoms with Gasteiger partial charge in [-0.2, -0.15) is 0 Å². The lowest BCUT2D eigenvalue weighted by molar-refractivity contribution is -0.137. The number of rotatable bonds is 5. The number of ether oxygens (including phenoxy) is 2. The van der Waals surface area contributed by atoms with Crippen LogP contribution in [0.4, 0.5) is 5.13 Å². The van der Waals surface area contributed by atoms with E-state index in [0.29, 0.717) is 38.1 Å². The Kier molecular flexibility index (Phi) is 4.17. The van der Waals surface area contributed by atoms with Crippen LogP contribution in [-0.2, 0) is 4.79 Å². The predicted molar refractivity (Wildman–Crippen MR) is 88.6 cm³/mol. The summed E-state index contributed by atoms with van der Waals surface area (Å²) < 4.78 is 10.5. The quantitative estimate of drug-likeness (QED) is 0.718. The van der Waals surface area contributed by atoms with E-state index in [-0.39, 0.29) is 0 Å². The molecular formula is C15H14N4O4S. The number of fused-ring (bicyclic) bond motifs is 1. The molecule has 1 unspecified atom stereocenters. The van der Waals surface area contributed by atoms with Crippen molar-refractivity contribution in [3.05, 3.63) is 35.2 Å². The van der Waals surface area contributed by atoms with Crippen molar-refractivity contribution in [3.63, 3.8) is 0 Å². The number of aromatic nitrogens is 3. The largest absolute Gasteiger partial charge is 0.493 e. The molecule has 3 N–H and O–H groups in total. The molecule has 0 fully saturated rings. The third-order valence-electron chi connectivity index (χ3n) is 3.52. The van der Waals surface area contributed by atoms with Crippen molar-refractivity contribution < 1.29 is 19.4 Å². The summed E-state index contributed by atoms with van der Waals surface area (Å²) in [6.45, 7) is 0. The first kappa shape index (κ1) is 15.9. The van der Waals surface area contributed by atoms with Crippen molar-refractivity contribution >= 4 is 33.3 Å². The highest BCUT2D eigenvalue weighted by atomic mass is 32.1. The highest BCUT2D eigenvalue weighted by molar-refractivity contribution is 7.15. The van der Waals surface area contributed by atoms with E-state index in [1.165, 1.54) is 26.7 Å². The number of methoxy groups -OCH3 is 2. The fourth-order valence-electron chi connectivity index (χ4n) is 2.44. The lowest BCUT2D eigenvalue weighted by Gasteiger charge is -2.14. The van der Waals surface area contributed by atoms with Crippen molar-refractivity contribution in [2.75, 3.05) is 20.0 Å². The van der Waals surface area contributed by atoms with Gasteiger partial charge in [-0.3, -0.25) is 4.79 Å². The first-order chi connectivity index (χ1) is 11.5. The van der Waals surface area contributed by atoms with Crippen molar-refractivity contribution in [1.29, 1.82) is 0 Å². The summed E-state index contributed by atoms with van der Waals surface area (Å²) in [5.74, 6) is -1.07. The Morgan fingerprint density at radius 2 is 1.92 bits per heavy atom. The van der Waals surface area contributed by atoms with E-state index in [4.69, 9.17) is 15.2 Å². The third-order valence-corrected chi connectivity index (χ3v) is 4.41. The van der Waals surface area contributed by atoms with E-state index in [0.717, 1.165) is 11.3 Å². The van der Waals surface area contributed by atoms with Gasteiger partial charge in [-0.25, -0.2) is 15.0 Å². The van der Waals surface area contributed by atoms with Crippen LogP contribution in [-0.4, -0.2) is 40.2 Å². The molecule has 3 aromatic rings. The summed E-state index contributed by atoms with van der Waals surface area (Å²) in [4.78, 5) is 24.7. The summed E-state index contributed by atoms with van der Waals surface area (Å²) in [5, 5.41) is 10.6. The number of hydrogen-bond acceptors (Lipinski definition) is 8. The number of carbonyl (C=O) groups is 1. The van der Waals surface area contributed by atoms with Gasteiger partial charge in [0.25, 0.3) is 0 Å². The lowest BCUT2D eigenvalue weighted by Crippen LogP contribution is -2.14. The monoisotopic (exact) mass is 346 g/mol. The van der Waals surface area contributed by atoms with Crippen LogP contribution in [0.25, 0.3) is 10.9 Å². The molecule has 124 valence electrons. The lowest BCUT2D eigenvalue weighted by atomic mass is 9.99. The molecule has 0 aliphatic heterocycles. The number of benzene rings is 1. The second-order valence-corrected chi connectivity index (χ2v) is 5.95. The SMILES string of the molecule is COc1cc2ncnc(C(C(=O)O)c3cnc(N)s3)c2cc1OC. The van der Waals surface area contributed by atoms with E-state index < -0.39 is 11.9 Å². The third kappa shape index (κ3) is 2.69. The fourth-order valence-corrected chi connectivity index (χ4v) is 3.22. The number of thiazole rings is 1. The van der Waals surface area contributed by atoms with Crippen molar-refractivity contribution in [1.82, 2.24) is 15.0 Å². The number of anilines is 1. The number of nitrogen functional groups attached to an aromatic ring is 1. The molecule has 0 aliphatic carbocycles. The van der Waals surface area contributed by atoms with Crippen molar-refractivity contribution in [2.24, 2.45) is 0 Å². The molecule has 1 atom stereocenters. The van der Waals surface area contributed by atoms with Crippen LogP contribution in [0.3, 0.4) is 0 Å². The molecule has 24 heavy (non-hydrogen) atoms. The average Bonchev–Trinajstić information content (AvgIpc) is 2.99. The maximum Gasteiger partial charge on any atom is 0.318 e. The van der Waals surface area contributed by atoms with Crippen molar-refractivity contribution in [2.45, 2.75) is 5.92 Å². The van der Waals surface area contributed by atoms with E-state index in [1.807, 2.05) is 0 Å². The van der Waals surface area contributed by atoms with Gasteiger partial charge in [-0.15, -0.1) is 11.3 Å². The van der Waals surface area contributed by atoms with Crippen LogP contribution in [0.15, 0.2) is 24.7 Å². The number of carboxylic acids is 1. The maximum absolute atomic E-state index is 11.9. The number of nitrogens with two attached hydrogens (primary N) is 1. The average molecular weight is 346 g/mol. The Labute approximate surface area is 140 Å². The van der Waals surface area contributed by atoms with E-state index in [1.54, 1.807) is 12.1 Å². The predicted octanol–water partition coefficient (Wildman–Crippen LogP) is 1.90. The molecule has 8 nitrogen and oxygen atoms in total. The molecule has 0 aliphatic rings. The van der Waals surface area contributed by atoms with E-state index in [2.05, 4.69) is 15.0 Å². The Morgan fingerprint density at radius 1 is 1.21 bits per heavy atom. The maximum atomic E-state index is 11.9. The highest BCUT2D eigenvalue weighted by Crippen LogP contribution is 2.37. The molecular weight excluding hydrogens is 332 g/mol. The molecule has 0 spiro atoms. The van der Waals surface area contributed by atoms with Gasteiger partial charge >= 0.3 is 5.97 Å². The molecule has 0 amide bonds.